The van der Waals surface area contributed by atoms with E-state index in [0.717, 1.165) is 18.5 Å². The molecule has 1 fully saturated rings. The molecule has 0 unspecified atom stereocenters. The molecule has 0 bridgehead atoms. The Morgan fingerprint density at radius 1 is 1.24 bits per heavy atom. The summed E-state index contributed by atoms with van der Waals surface area (Å²) < 4.78 is 0. The van der Waals surface area contributed by atoms with E-state index in [1.54, 1.807) is 18.2 Å². The Morgan fingerprint density at radius 3 is 2.29 bits per heavy atom. The van der Waals surface area contributed by atoms with E-state index in [4.69, 9.17) is 16.7 Å². The molecular formula is C17H24ClNO2. The maximum atomic E-state index is 11.0. The van der Waals surface area contributed by atoms with E-state index < -0.39 is 5.97 Å². The van der Waals surface area contributed by atoms with Crippen LogP contribution in [0.25, 0.3) is 0 Å². The summed E-state index contributed by atoms with van der Waals surface area (Å²) in [5.41, 5.74) is 1.66. The predicted molar refractivity (Wildman–Crippen MR) is 87.2 cm³/mol. The Kier molecular flexibility index (Phi) is 4.25. The van der Waals surface area contributed by atoms with Gasteiger partial charge in [0.1, 0.15) is 0 Å². The third-order valence-corrected chi connectivity index (χ3v) is 4.44. The quantitative estimate of drug-likeness (QED) is 0.821. The Balaban J connectivity index is 2.14. The molecule has 3 nitrogen and oxygen atoms in total. The molecule has 0 saturated heterocycles. The molecule has 2 rings (SSSR count). The summed E-state index contributed by atoms with van der Waals surface area (Å²) in [6.07, 6.45) is 3.43. The van der Waals surface area contributed by atoms with Crippen LogP contribution in [0, 0.1) is 10.8 Å². The summed E-state index contributed by atoms with van der Waals surface area (Å²) in [6, 6.07) is 5.45. The van der Waals surface area contributed by atoms with Crippen LogP contribution in [0.4, 0.5) is 5.69 Å². The Labute approximate surface area is 131 Å². The number of halogens is 1. The van der Waals surface area contributed by atoms with Gasteiger partial charge in [0.15, 0.2) is 0 Å². The smallest absolute Gasteiger partial charge is 0.337 e. The van der Waals surface area contributed by atoms with Gasteiger partial charge in [0.05, 0.1) is 10.6 Å². The van der Waals surface area contributed by atoms with E-state index in [2.05, 4.69) is 33.0 Å². The molecule has 1 aliphatic carbocycles. The zero-order valence-corrected chi connectivity index (χ0v) is 13.9. The molecule has 116 valence electrons. The van der Waals surface area contributed by atoms with Gasteiger partial charge >= 0.3 is 5.97 Å². The average Bonchev–Trinajstić information content (AvgIpc) is 2.23. The second-order valence-corrected chi connectivity index (χ2v) is 8.16. The van der Waals surface area contributed by atoms with Gasteiger partial charge < -0.3 is 10.4 Å². The molecule has 2 N–H and O–H groups in total. The van der Waals surface area contributed by atoms with Crippen molar-refractivity contribution in [2.24, 2.45) is 10.8 Å². The van der Waals surface area contributed by atoms with Crippen molar-refractivity contribution in [1.82, 2.24) is 0 Å². The van der Waals surface area contributed by atoms with Gasteiger partial charge in [0.25, 0.3) is 0 Å². The normalized spacial score (nSPS) is 21.0. The topological polar surface area (TPSA) is 49.3 Å². The number of hydrogen-bond acceptors (Lipinski definition) is 2. The van der Waals surface area contributed by atoms with Crippen LogP contribution in [0.1, 0.15) is 57.3 Å². The van der Waals surface area contributed by atoms with E-state index in [1.807, 2.05) is 0 Å². The van der Waals surface area contributed by atoms with Crippen LogP contribution in [0.2, 0.25) is 5.02 Å². The van der Waals surface area contributed by atoms with Gasteiger partial charge in [0.2, 0.25) is 0 Å². The molecule has 1 aliphatic rings. The number of rotatable bonds is 3. The zero-order valence-electron chi connectivity index (χ0n) is 13.2. The van der Waals surface area contributed by atoms with Crippen molar-refractivity contribution in [1.29, 1.82) is 0 Å². The van der Waals surface area contributed by atoms with E-state index in [0.29, 0.717) is 16.9 Å². The highest BCUT2D eigenvalue weighted by Gasteiger charge is 2.38. The number of nitrogens with one attached hydrogen (secondary N) is 1. The van der Waals surface area contributed by atoms with Crippen molar-refractivity contribution in [3.8, 4) is 0 Å². The first kappa shape index (κ1) is 16.2. The van der Waals surface area contributed by atoms with Gasteiger partial charge in [-0.15, -0.1) is 0 Å². The number of carbonyl (C=O) groups is 1. The van der Waals surface area contributed by atoms with E-state index >= 15 is 0 Å². The highest BCUT2D eigenvalue weighted by atomic mass is 35.5. The number of carboxylic acid groups (broad SMARTS) is 1. The fourth-order valence-electron chi connectivity index (χ4n) is 3.96. The largest absolute Gasteiger partial charge is 0.478 e. The fourth-order valence-corrected chi connectivity index (χ4v) is 4.22. The van der Waals surface area contributed by atoms with Crippen LogP contribution in [0.3, 0.4) is 0 Å². The minimum atomic E-state index is -0.994. The Bertz CT molecular complexity index is 536. The van der Waals surface area contributed by atoms with Crippen LogP contribution >= 0.6 is 11.6 Å². The van der Waals surface area contributed by atoms with Gasteiger partial charge in [-0.05, 0) is 48.3 Å². The molecule has 0 atom stereocenters. The minimum absolute atomic E-state index is 0.145. The highest BCUT2D eigenvalue weighted by Crippen LogP contribution is 2.46. The highest BCUT2D eigenvalue weighted by molar-refractivity contribution is 6.33. The molecule has 0 amide bonds. The maximum absolute atomic E-state index is 11.0. The van der Waals surface area contributed by atoms with Crippen molar-refractivity contribution in [3.05, 3.63) is 28.8 Å². The van der Waals surface area contributed by atoms with Crippen LogP contribution in [-0.2, 0) is 0 Å². The standard InChI is InChI=1S/C17H24ClNO2/c1-16(2)8-12(9-17(3,4)10-16)19-11-5-6-13(15(20)21)14(18)7-11/h5-7,12,19H,8-10H2,1-4H3,(H,20,21). The number of hydrogen-bond donors (Lipinski definition) is 2. The third kappa shape index (κ3) is 4.13. The summed E-state index contributed by atoms with van der Waals surface area (Å²) in [5, 5.41) is 12.8. The number of carboxylic acids is 1. The summed E-state index contributed by atoms with van der Waals surface area (Å²) in [4.78, 5) is 11.0. The summed E-state index contributed by atoms with van der Waals surface area (Å²) in [5.74, 6) is -0.994. The molecule has 0 aromatic heterocycles. The molecule has 1 aromatic rings. The van der Waals surface area contributed by atoms with Crippen molar-refractivity contribution >= 4 is 23.3 Å². The molecule has 0 radical (unpaired) electrons. The van der Waals surface area contributed by atoms with Crippen molar-refractivity contribution in [2.75, 3.05) is 5.32 Å². The molecular weight excluding hydrogens is 286 g/mol. The van der Waals surface area contributed by atoms with E-state index in [-0.39, 0.29) is 10.6 Å². The lowest BCUT2D eigenvalue weighted by atomic mass is 9.63. The van der Waals surface area contributed by atoms with E-state index in [9.17, 15) is 4.79 Å². The van der Waals surface area contributed by atoms with Gasteiger partial charge in [0, 0.05) is 11.7 Å². The van der Waals surface area contributed by atoms with Gasteiger partial charge in [-0.1, -0.05) is 39.3 Å². The number of benzene rings is 1. The first-order valence-corrected chi connectivity index (χ1v) is 7.75. The minimum Gasteiger partial charge on any atom is -0.478 e. The Hall–Kier alpha value is -1.22. The summed E-state index contributed by atoms with van der Waals surface area (Å²) in [7, 11) is 0. The lowest BCUT2D eigenvalue weighted by Crippen LogP contribution is -2.40. The second-order valence-electron chi connectivity index (χ2n) is 7.75. The summed E-state index contributed by atoms with van der Waals surface area (Å²) >= 11 is 6.03. The van der Waals surface area contributed by atoms with Crippen LogP contribution in [0.5, 0.6) is 0 Å². The SMILES string of the molecule is CC1(C)CC(Nc2ccc(C(=O)O)c(Cl)c2)CC(C)(C)C1. The predicted octanol–water partition coefficient (Wildman–Crippen LogP) is 5.06. The fraction of sp³-hybridized carbons (Fsp3) is 0.588. The first-order chi connectivity index (χ1) is 9.58. The van der Waals surface area contributed by atoms with Gasteiger partial charge in [-0.25, -0.2) is 4.79 Å². The van der Waals surface area contributed by atoms with Crippen LogP contribution < -0.4 is 5.32 Å². The molecule has 1 aromatic carbocycles. The second kappa shape index (κ2) is 5.53. The molecule has 0 heterocycles. The van der Waals surface area contributed by atoms with Crippen LogP contribution in [0.15, 0.2) is 18.2 Å². The summed E-state index contributed by atoms with van der Waals surface area (Å²) in [6.45, 7) is 9.23. The molecule has 0 spiro atoms. The van der Waals surface area contributed by atoms with Crippen molar-refractivity contribution in [2.45, 2.75) is 53.0 Å². The molecule has 4 heteroatoms. The third-order valence-electron chi connectivity index (χ3n) is 4.13. The van der Waals surface area contributed by atoms with Gasteiger partial charge in [-0.2, -0.15) is 0 Å². The van der Waals surface area contributed by atoms with Gasteiger partial charge in [-0.3, -0.25) is 0 Å². The van der Waals surface area contributed by atoms with Crippen molar-refractivity contribution in [3.63, 3.8) is 0 Å². The molecule has 0 aliphatic heterocycles. The average molecular weight is 310 g/mol. The molecule has 21 heavy (non-hydrogen) atoms. The van der Waals surface area contributed by atoms with E-state index in [1.165, 1.54) is 6.42 Å². The Morgan fingerprint density at radius 2 is 1.81 bits per heavy atom. The molecule has 1 saturated carbocycles. The monoisotopic (exact) mass is 309 g/mol. The maximum Gasteiger partial charge on any atom is 0.337 e. The lowest BCUT2D eigenvalue weighted by Gasteiger charge is -2.45. The number of aromatic carboxylic acids is 1. The van der Waals surface area contributed by atoms with Crippen molar-refractivity contribution < 1.29 is 9.90 Å². The number of anilines is 1. The van der Waals surface area contributed by atoms with Crippen LogP contribution in [-0.4, -0.2) is 17.1 Å². The lowest BCUT2D eigenvalue weighted by molar-refractivity contribution is 0.0697. The first-order valence-electron chi connectivity index (χ1n) is 7.37. The zero-order chi connectivity index (χ0) is 15.8.